The van der Waals surface area contributed by atoms with Crippen LogP contribution in [0.25, 0.3) is 0 Å². The third-order valence-electron chi connectivity index (χ3n) is 3.05. The lowest BCUT2D eigenvalue weighted by Crippen LogP contribution is -2.29. The van der Waals surface area contributed by atoms with Gasteiger partial charge in [-0.05, 0) is 18.6 Å². The van der Waals surface area contributed by atoms with E-state index in [1.807, 2.05) is 0 Å². The fourth-order valence-corrected chi connectivity index (χ4v) is 2.05. The Hall–Kier alpha value is -2.19. The largest absolute Gasteiger partial charge is 0.391 e. The van der Waals surface area contributed by atoms with Crippen LogP contribution >= 0.6 is 0 Å². The summed E-state index contributed by atoms with van der Waals surface area (Å²) in [6, 6.07) is 3.95. The predicted molar refractivity (Wildman–Crippen MR) is 67.4 cm³/mol. The molecular formula is C11H14N4O4. The summed E-state index contributed by atoms with van der Waals surface area (Å²) in [7, 11) is 0. The second-order valence-electron chi connectivity index (χ2n) is 4.33. The lowest BCUT2D eigenvalue weighted by atomic mass is 10.1. The van der Waals surface area contributed by atoms with Gasteiger partial charge in [0.1, 0.15) is 5.69 Å². The molecule has 1 amide bonds. The lowest BCUT2D eigenvalue weighted by Gasteiger charge is -2.16. The van der Waals surface area contributed by atoms with Crippen molar-refractivity contribution in [3.05, 3.63) is 33.9 Å². The van der Waals surface area contributed by atoms with Gasteiger partial charge in [0.2, 0.25) is 0 Å². The molecule has 0 spiro atoms. The van der Waals surface area contributed by atoms with Gasteiger partial charge in [0, 0.05) is 24.7 Å². The number of amides is 1. The lowest BCUT2D eigenvalue weighted by molar-refractivity contribution is -0.384. The second kappa shape index (κ2) is 5.21. The van der Waals surface area contributed by atoms with Crippen molar-refractivity contribution in [2.45, 2.75) is 12.5 Å². The van der Waals surface area contributed by atoms with Gasteiger partial charge in [0.25, 0.3) is 11.6 Å². The number of carbonyl (C=O) groups is 1. The second-order valence-corrected chi connectivity index (χ2v) is 4.33. The molecule has 0 bridgehead atoms. The molecule has 2 rings (SSSR count). The highest BCUT2D eigenvalue weighted by Crippen LogP contribution is 2.25. The molecule has 102 valence electrons. The third-order valence-corrected chi connectivity index (χ3v) is 3.05. The molecule has 1 atom stereocenters. The van der Waals surface area contributed by atoms with Crippen molar-refractivity contribution in [2.75, 3.05) is 18.5 Å². The van der Waals surface area contributed by atoms with Crippen LogP contribution in [-0.4, -0.2) is 40.0 Å². The maximum absolute atomic E-state index is 12.1. The van der Waals surface area contributed by atoms with Gasteiger partial charge in [-0.15, -0.1) is 0 Å². The van der Waals surface area contributed by atoms with E-state index in [0.717, 1.165) is 0 Å². The fraction of sp³-hybridized carbons (Fsp3) is 0.364. The van der Waals surface area contributed by atoms with E-state index in [9.17, 15) is 20.0 Å². The number of nitrogens with one attached hydrogen (secondary N) is 1. The van der Waals surface area contributed by atoms with Crippen molar-refractivity contribution in [2.24, 2.45) is 5.84 Å². The molecule has 8 nitrogen and oxygen atoms in total. The number of aliphatic hydroxyl groups is 1. The van der Waals surface area contributed by atoms with E-state index >= 15 is 0 Å². The monoisotopic (exact) mass is 266 g/mol. The van der Waals surface area contributed by atoms with E-state index in [-0.39, 0.29) is 23.8 Å². The molecule has 8 heteroatoms. The van der Waals surface area contributed by atoms with Gasteiger partial charge in [0.05, 0.1) is 11.0 Å². The number of β-amino-alcohol motifs (C(OH)–C–C–N with tert-alkyl or cyclic N) is 1. The molecule has 0 aromatic heterocycles. The molecule has 1 unspecified atom stereocenters. The van der Waals surface area contributed by atoms with Gasteiger partial charge >= 0.3 is 0 Å². The first kappa shape index (κ1) is 13.2. The summed E-state index contributed by atoms with van der Waals surface area (Å²) in [5.74, 6) is 4.94. The molecule has 0 saturated carbocycles. The van der Waals surface area contributed by atoms with Crippen LogP contribution in [-0.2, 0) is 0 Å². The number of rotatable bonds is 3. The quantitative estimate of drug-likeness (QED) is 0.405. The summed E-state index contributed by atoms with van der Waals surface area (Å²) in [5, 5.41) is 20.1. The van der Waals surface area contributed by atoms with E-state index in [4.69, 9.17) is 5.84 Å². The number of aliphatic hydroxyl groups excluding tert-OH is 1. The molecule has 0 radical (unpaired) electrons. The van der Waals surface area contributed by atoms with Gasteiger partial charge in [-0.2, -0.15) is 0 Å². The summed E-state index contributed by atoms with van der Waals surface area (Å²) in [5.41, 5.74) is 2.39. The Morgan fingerprint density at radius 2 is 2.32 bits per heavy atom. The Morgan fingerprint density at radius 1 is 1.58 bits per heavy atom. The topological polar surface area (TPSA) is 122 Å². The summed E-state index contributed by atoms with van der Waals surface area (Å²) < 4.78 is 0. The number of hydrogen-bond acceptors (Lipinski definition) is 6. The van der Waals surface area contributed by atoms with E-state index < -0.39 is 11.0 Å². The third kappa shape index (κ3) is 2.64. The van der Waals surface area contributed by atoms with Gasteiger partial charge < -0.3 is 15.4 Å². The fourth-order valence-electron chi connectivity index (χ4n) is 2.05. The number of hydrogen-bond donors (Lipinski definition) is 3. The van der Waals surface area contributed by atoms with Crippen LogP contribution in [0, 0.1) is 10.1 Å². The molecule has 19 heavy (non-hydrogen) atoms. The standard InChI is InChI=1S/C11H14N4O4/c12-13-9-5-7(1-2-10(9)15(18)19)11(17)14-4-3-8(16)6-14/h1-2,5,8,13,16H,3-4,6,12H2. The molecule has 1 aliphatic heterocycles. The summed E-state index contributed by atoms with van der Waals surface area (Å²) in [6.07, 6.45) is 0.0369. The zero-order chi connectivity index (χ0) is 14.0. The van der Waals surface area contributed by atoms with Crippen molar-refractivity contribution in [3.8, 4) is 0 Å². The molecular weight excluding hydrogens is 252 g/mol. The average molecular weight is 266 g/mol. The van der Waals surface area contributed by atoms with E-state index in [1.54, 1.807) is 0 Å². The van der Waals surface area contributed by atoms with Crippen molar-refractivity contribution in [1.29, 1.82) is 0 Å². The van der Waals surface area contributed by atoms with Crippen LogP contribution in [0.1, 0.15) is 16.8 Å². The Kier molecular flexibility index (Phi) is 3.63. The minimum atomic E-state index is -0.580. The molecule has 1 aliphatic rings. The molecule has 1 fully saturated rings. The SMILES string of the molecule is NNc1cc(C(=O)N2CCC(O)C2)ccc1[N+](=O)[O-]. The van der Waals surface area contributed by atoms with E-state index in [2.05, 4.69) is 5.43 Å². The van der Waals surface area contributed by atoms with Crippen LogP contribution in [0.4, 0.5) is 11.4 Å². The number of benzene rings is 1. The zero-order valence-electron chi connectivity index (χ0n) is 10.1. The first-order chi connectivity index (χ1) is 9.02. The number of hydrazine groups is 1. The number of anilines is 1. The first-order valence-corrected chi connectivity index (χ1v) is 5.75. The van der Waals surface area contributed by atoms with Crippen molar-refractivity contribution in [3.63, 3.8) is 0 Å². The predicted octanol–water partition coefficient (Wildman–Crippen LogP) is 0.0872. The Bertz CT molecular complexity index is 519. The summed E-state index contributed by atoms with van der Waals surface area (Å²) in [4.78, 5) is 23.8. The molecule has 0 aliphatic carbocycles. The average Bonchev–Trinajstić information content (AvgIpc) is 2.83. The molecule has 1 aromatic rings. The Labute approximate surface area is 108 Å². The first-order valence-electron chi connectivity index (χ1n) is 5.75. The van der Waals surface area contributed by atoms with E-state index in [0.29, 0.717) is 18.5 Å². The number of nitro benzene ring substituents is 1. The van der Waals surface area contributed by atoms with Crippen LogP contribution in [0.5, 0.6) is 0 Å². The highest BCUT2D eigenvalue weighted by molar-refractivity contribution is 5.96. The highest BCUT2D eigenvalue weighted by atomic mass is 16.6. The highest BCUT2D eigenvalue weighted by Gasteiger charge is 2.26. The van der Waals surface area contributed by atoms with E-state index in [1.165, 1.54) is 23.1 Å². The van der Waals surface area contributed by atoms with Crippen LogP contribution < -0.4 is 11.3 Å². The maximum atomic E-state index is 12.1. The van der Waals surface area contributed by atoms with Gasteiger partial charge in [0.15, 0.2) is 0 Å². The number of nitro groups is 1. The Morgan fingerprint density at radius 3 is 2.84 bits per heavy atom. The van der Waals surface area contributed by atoms with Crippen molar-refractivity contribution < 1.29 is 14.8 Å². The summed E-state index contributed by atoms with van der Waals surface area (Å²) >= 11 is 0. The van der Waals surface area contributed by atoms with Crippen molar-refractivity contribution in [1.82, 2.24) is 4.90 Å². The number of nitrogen functional groups attached to an aromatic ring is 1. The maximum Gasteiger partial charge on any atom is 0.293 e. The summed E-state index contributed by atoms with van der Waals surface area (Å²) in [6.45, 7) is 0.754. The molecule has 1 aromatic carbocycles. The molecule has 1 heterocycles. The Balaban J connectivity index is 2.26. The molecule has 4 N–H and O–H groups in total. The van der Waals surface area contributed by atoms with Crippen molar-refractivity contribution >= 4 is 17.3 Å². The van der Waals surface area contributed by atoms with Crippen LogP contribution in [0.2, 0.25) is 0 Å². The van der Waals surface area contributed by atoms with Crippen LogP contribution in [0.3, 0.4) is 0 Å². The zero-order valence-corrected chi connectivity index (χ0v) is 10.1. The smallest absolute Gasteiger partial charge is 0.293 e. The normalized spacial score (nSPS) is 18.4. The number of likely N-dealkylation sites (tertiary alicyclic amines) is 1. The number of nitrogens with two attached hydrogens (primary N) is 1. The minimum Gasteiger partial charge on any atom is -0.391 e. The number of nitrogens with zero attached hydrogens (tertiary/aromatic N) is 2. The number of carbonyl (C=O) groups excluding carboxylic acids is 1. The minimum absolute atomic E-state index is 0.0793. The van der Waals surface area contributed by atoms with Gasteiger partial charge in [-0.1, -0.05) is 0 Å². The van der Waals surface area contributed by atoms with Gasteiger partial charge in [-0.3, -0.25) is 20.8 Å². The van der Waals surface area contributed by atoms with Gasteiger partial charge in [-0.25, -0.2) is 0 Å². The molecule has 1 saturated heterocycles. The van der Waals surface area contributed by atoms with Crippen LogP contribution in [0.15, 0.2) is 18.2 Å².